The second-order valence-corrected chi connectivity index (χ2v) is 5.68. The van der Waals surface area contributed by atoms with Gasteiger partial charge in [0, 0.05) is 12.1 Å². The SMILES string of the molecule is CN(C)Cc1cc(F)cc(CC(C)(C)C(=O)O)c1O. The molecule has 5 heteroatoms. The van der Waals surface area contributed by atoms with Gasteiger partial charge in [-0.1, -0.05) is 0 Å². The van der Waals surface area contributed by atoms with E-state index in [9.17, 15) is 14.3 Å². The number of phenolic OH excluding ortho intramolecular Hbond substituents is 1. The lowest BCUT2D eigenvalue weighted by molar-refractivity contribution is -0.146. The molecule has 0 unspecified atom stereocenters. The molecule has 0 aliphatic carbocycles. The lowest BCUT2D eigenvalue weighted by Crippen LogP contribution is -2.26. The number of halogens is 1. The maximum Gasteiger partial charge on any atom is 0.309 e. The van der Waals surface area contributed by atoms with E-state index >= 15 is 0 Å². The molecule has 4 nitrogen and oxygen atoms in total. The average molecular weight is 269 g/mol. The van der Waals surface area contributed by atoms with E-state index in [-0.39, 0.29) is 12.2 Å². The lowest BCUT2D eigenvalue weighted by atomic mass is 9.85. The molecule has 0 heterocycles. The summed E-state index contributed by atoms with van der Waals surface area (Å²) in [6, 6.07) is 2.46. The van der Waals surface area contributed by atoms with E-state index in [0.717, 1.165) is 0 Å². The summed E-state index contributed by atoms with van der Waals surface area (Å²) in [5, 5.41) is 19.2. The number of hydrogen-bond donors (Lipinski definition) is 2. The van der Waals surface area contributed by atoms with Crippen LogP contribution in [0.2, 0.25) is 0 Å². The first kappa shape index (κ1) is 15.4. The predicted molar refractivity (Wildman–Crippen MR) is 70.6 cm³/mol. The van der Waals surface area contributed by atoms with Gasteiger partial charge in [0.15, 0.2) is 0 Å². The van der Waals surface area contributed by atoms with E-state index in [4.69, 9.17) is 5.11 Å². The summed E-state index contributed by atoms with van der Waals surface area (Å²) in [6.07, 6.45) is 0.0757. The maximum atomic E-state index is 13.6. The van der Waals surface area contributed by atoms with Crippen LogP contribution in [-0.4, -0.2) is 35.2 Å². The number of rotatable bonds is 5. The molecule has 0 saturated heterocycles. The van der Waals surface area contributed by atoms with Gasteiger partial charge in [0.25, 0.3) is 0 Å². The van der Waals surface area contributed by atoms with Gasteiger partial charge in [0.1, 0.15) is 11.6 Å². The molecule has 2 N–H and O–H groups in total. The molecule has 1 aromatic carbocycles. The Balaban J connectivity index is 3.15. The Kier molecular flexibility index (Phi) is 4.52. The molecule has 0 bridgehead atoms. The second-order valence-electron chi connectivity index (χ2n) is 5.68. The molecule has 0 fully saturated rings. The molecule has 106 valence electrons. The molecule has 1 rings (SSSR count). The largest absolute Gasteiger partial charge is 0.507 e. The van der Waals surface area contributed by atoms with Crippen molar-refractivity contribution in [2.75, 3.05) is 14.1 Å². The predicted octanol–water partition coefficient (Wildman–Crippen LogP) is 2.25. The quantitative estimate of drug-likeness (QED) is 0.860. The Labute approximate surface area is 112 Å². The van der Waals surface area contributed by atoms with Crippen molar-refractivity contribution in [1.29, 1.82) is 0 Å². The third kappa shape index (κ3) is 3.92. The van der Waals surface area contributed by atoms with E-state index in [1.54, 1.807) is 18.7 Å². The molecule has 0 spiro atoms. The van der Waals surface area contributed by atoms with Crippen molar-refractivity contribution in [2.24, 2.45) is 5.41 Å². The van der Waals surface area contributed by atoms with Gasteiger partial charge in [-0.15, -0.1) is 0 Å². The van der Waals surface area contributed by atoms with Crippen LogP contribution < -0.4 is 0 Å². The van der Waals surface area contributed by atoms with Crippen LogP contribution >= 0.6 is 0 Å². The van der Waals surface area contributed by atoms with Gasteiger partial charge in [0.2, 0.25) is 0 Å². The number of carbonyl (C=O) groups is 1. The molecule has 0 aromatic heterocycles. The van der Waals surface area contributed by atoms with Crippen LogP contribution in [0, 0.1) is 11.2 Å². The summed E-state index contributed by atoms with van der Waals surface area (Å²) in [4.78, 5) is 12.9. The van der Waals surface area contributed by atoms with Crippen LogP contribution in [0.4, 0.5) is 4.39 Å². The highest BCUT2D eigenvalue weighted by Gasteiger charge is 2.29. The number of phenols is 1. The first-order chi connectivity index (χ1) is 8.63. The summed E-state index contributed by atoms with van der Waals surface area (Å²) in [6.45, 7) is 3.49. The van der Waals surface area contributed by atoms with Crippen LogP contribution in [0.5, 0.6) is 5.75 Å². The fourth-order valence-corrected chi connectivity index (χ4v) is 1.87. The van der Waals surface area contributed by atoms with Gasteiger partial charge in [-0.3, -0.25) is 4.79 Å². The van der Waals surface area contributed by atoms with Crippen molar-refractivity contribution in [2.45, 2.75) is 26.8 Å². The van der Waals surface area contributed by atoms with E-state index in [0.29, 0.717) is 17.7 Å². The smallest absolute Gasteiger partial charge is 0.309 e. The highest BCUT2D eigenvalue weighted by atomic mass is 19.1. The number of aliphatic carboxylic acids is 1. The van der Waals surface area contributed by atoms with Crippen molar-refractivity contribution >= 4 is 5.97 Å². The van der Waals surface area contributed by atoms with Gasteiger partial charge < -0.3 is 15.1 Å². The fraction of sp³-hybridized carbons (Fsp3) is 0.500. The highest BCUT2D eigenvalue weighted by Crippen LogP contribution is 2.31. The molecule has 0 saturated carbocycles. The number of nitrogens with zero attached hydrogens (tertiary/aromatic N) is 1. The van der Waals surface area contributed by atoms with Gasteiger partial charge >= 0.3 is 5.97 Å². The Morgan fingerprint density at radius 3 is 2.32 bits per heavy atom. The van der Waals surface area contributed by atoms with E-state index in [1.807, 2.05) is 14.1 Å². The number of hydrogen-bond acceptors (Lipinski definition) is 3. The molecule has 1 aromatic rings. The Morgan fingerprint density at radius 2 is 1.84 bits per heavy atom. The number of carboxylic acid groups (broad SMARTS) is 1. The second kappa shape index (κ2) is 5.57. The number of aromatic hydroxyl groups is 1. The van der Waals surface area contributed by atoms with Crippen molar-refractivity contribution in [3.05, 3.63) is 29.1 Å². The maximum absolute atomic E-state index is 13.6. The van der Waals surface area contributed by atoms with Gasteiger partial charge in [-0.25, -0.2) is 4.39 Å². The number of benzene rings is 1. The zero-order valence-corrected chi connectivity index (χ0v) is 11.7. The first-order valence-electron chi connectivity index (χ1n) is 6.02. The number of carboxylic acids is 1. The Hall–Kier alpha value is -1.62. The van der Waals surface area contributed by atoms with Crippen LogP contribution in [0.1, 0.15) is 25.0 Å². The van der Waals surface area contributed by atoms with Crippen molar-refractivity contribution in [3.63, 3.8) is 0 Å². The average Bonchev–Trinajstić information content (AvgIpc) is 2.23. The monoisotopic (exact) mass is 269 g/mol. The van der Waals surface area contributed by atoms with Crippen molar-refractivity contribution in [1.82, 2.24) is 4.90 Å². The molecule has 0 aliphatic heterocycles. The summed E-state index contributed by atoms with van der Waals surface area (Å²) in [5.41, 5.74) is -0.272. The Morgan fingerprint density at radius 1 is 1.32 bits per heavy atom. The van der Waals surface area contributed by atoms with Crippen molar-refractivity contribution < 1.29 is 19.4 Å². The van der Waals surface area contributed by atoms with Crippen molar-refractivity contribution in [3.8, 4) is 5.75 Å². The van der Waals surface area contributed by atoms with E-state index in [2.05, 4.69) is 0 Å². The first-order valence-corrected chi connectivity index (χ1v) is 6.02. The van der Waals surface area contributed by atoms with Crippen LogP contribution in [0.25, 0.3) is 0 Å². The summed E-state index contributed by atoms with van der Waals surface area (Å²) >= 11 is 0. The zero-order chi connectivity index (χ0) is 14.8. The van der Waals surface area contributed by atoms with E-state index < -0.39 is 17.2 Å². The molecule has 0 amide bonds. The third-order valence-corrected chi connectivity index (χ3v) is 2.93. The highest BCUT2D eigenvalue weighted by molar-refractivity contribution is 5.74. The molecular weight excluding hydrogens is 249 g/mol. The van der Waals surface area contributed by atoms with Crippen LogP contribution in [0.3, 0.4) is 0 Å². The standard InChI is InChI=1S/C14H20FNO3/c1-14(2,13(18)19)7-9-5-11(15)6-10(12(9)17)8-16(3)4/h5-6,17H,7-8H2,1-4H3,(H,18,19). The van der Waals surface area contributed by atoms with Gasteiger partial charge in [-0.2, -0.15) is 0 Å². The minimum absolute atomic E-state index is 0.0237. The Bertz CT molecular complexity index is 484. The van der Waals surface area contributed by atoms with Crippen LogP contribution in [0.15, 0.2) is 12.1 Å². The third-order valence-electron chi connectivity index (χ3n) is 2.93. The van der Waals surface area contributed by atoms with E-state index in [1.165, 1.54) is 12.1 Å². The van der Waals surface area contributed by atoms with Crippen LogP contribution in [-0.2, 0) is 17.8 Å². The normalized spacial score (nSPS) is 11.9. The summed E-state index contributed by atoms with van der Waals surface area (Å²) in [5.74, 6) is -1.47. The summed E-state index contributed by atoms with van der Waals surface area (Å²) in [7, 11) is 3.62. The molecule has 0 aliphatic rings. The van der Waals surface area contributed by atoms with Gasteiger partial charge in [0.05, 0.1) is 5.41 Å². The molecular formula is C14H20FNO3. The zero-order valence-electron chi connectivity index (χ0n) is 11.7. The molecule has 19 heavy (non-hydrogen) atoms. The summed E-state index contributed by atoms with van der Waals surface area (Å²) < 4.78 is 13.6. The topological polar surface area (TPSA) is 60.8 Å². The molecule has 0 atom stereocenters. The fourth-order valence-electron chi connectivity index (χ4n) is 1.87. The lowest BCUT2D eigenvalue weighted by Gasteiger charge is -2.21. The molecule has 0 radical (unpaired) electrons. The minimum Gasteiger partial charge on any atom is -0.507 e. The van der Waals surface area contributed by atoms with Gasteiger partial charge in [-0.05, 0) is 52.1 Å². The minimum atomic E-state index is -1.05.